The quantitative estimate of drug-likeness (QED) is 0.777. The van der Waals surface area contributed by atoms with Crippen molar-refractivity contribution >= 4 is 15.7 Å². The fourth-order valence-electron chi connectivity index (χ4n) is 4.35. The molecule has 1 aromatic rings. The van der Waals surface area contributed by atoms with E-state index in [1.165, 1.54) is 0 Å². The van der Waals surface area contributed by atoms with Crippen LogP contribution in [0.25, 0.3) is 0 Å². The number of likely N-dealkylation sites (tertiary alicyclic amines) is 1. The van der Waals surface area contributed by atoms with Crippen LogP contribution in [0.5, 0.6) is 0 Å². The van der Waals surface area contributed by atoms with Crippen LogP contribution < -0.4 is 0 Å². The summed E-state index contributed by atoms with van der Waals surface area (Å²) in [5.41, 5.74) is 1.79. The second kappa shape index (κ2) is 6.30. The molecule has 3 aliphatic rings. The van der Waals surface area contributed by atoms with E-state index in [1.54, 1.807) is 4.90 Å². The number of pyridine rings is 1. The van der Waals surface area contributed by atoms with Gasteiger partial charge in [-0.2, -0.15) is 0 Å². The fourth-order valence-corrected chi connectivity index (χ4v) is 6.75. The van der Waals surface area contributed by atoms with Gasteiger partial charge in [0, 0.05) is 30.6 Å². The summed E-state index contributed by atoms with van der Waals surface area (Å²) in [6.07, 6.45) is 1.55. The molecular weight excluding hydrogens is 352 g/mol. The van der Waals surface area contributed by atoms with Gasteiger partial charge in [0.25, 0.3) is 0 Å². The van der Waals surface area contributed by atoms with Crippen LogP contribution in [0.3, 0.4) is 0 Å². The molecule has 26 heavy (non-hydrogen) atoms. The van der Waals surface area contributed by atoms with Gasteiger partial charge in [-0.15, -0.1) is 0 Å². The molecule has 3 atom stereocenters. The molecule has 0 radical (unpaired) electrons. The third kappa shape index (κ3) is 2.95. The highest BCUT2D eigenvalue weighted by atomic mass is 32.2. The first kappa shape index (κ1) is 17.9. The highest BCUT2D eigenvalue weighted by Crippen LogP contribution is 2.47. The number of hydrogen-bond acceptors (Lipinski definition) is 5. The minimum Gasteiger partial charge on any atom is -0.375 e. The molecule has 0 unspecified atom stereocenters. The maximum Gasteiger partial charge on any atom is 0.226 e. The molecular formula is C19H26N2O4S. The Bertz CT molecular complexity index is 817. The average molecular weight is 378 g/mol. The van der Waals surface area contributed by atoms with Crippen molar-refractivity contribution in [1.29, 1.82) is 0 Å². The van der Waals surface area contributed by atoms with Crippen LogP contribution in [0.4, 0.5) is 0 Å². The summed E-state index contributed by atoms with van der Waals surface area (Å²) in [6.45, 7) is 5.47. The Kier molecular flexibility index (Phi) is 4.34. The predicted octanol–water partition coefficient (Wildman–Crippen LogP) is 1.58. The first-order valence-electron chi connectivity index (χ1n) is 9.34. The Morgan fingerprint density at radius 3 is 2.77 bits per heavy atom. The van der Waals surface area contributed by atoms with Crippen molar-refractivity contribution in [2.45, 2.75) is 38.0 Å². The van der Waals surface area contributed by atoms with Crippen molar-refractivity contribution in [2.75, 3.05) is 25.4 Å². The Hall–Kier alpha value is -1.47. The van der Waals surface area contributed by atoms with Gasteiger partial charge in [0.05, 0.1) is 24.7 Å². The van der Waals surface area contributed by atoms with Crippen LogP contribution in [0, 0.1) is 24.7 Å². The highest BCUT2D eigenvalue weighted by Gasteiger charge is 2.63. The molecule has 2 aliphatic heterocycles. The summed E-state index contributed by atoms with van der Waals surface area (Å²) in [4.78, 5) is 18.5. The summed E-state index contributed by atoms with van der Waals surface area (Å²) in [7, 11) is -3.18. The zero-order valence-corrected chi connectivity index (χ0v) is 16.2. The molecule has 6 nitrogen and oxygen atoms in total. The van der Waals surface area contributed by atoms with Crippen molar-refractivity contribution in [1.82, 2.24) is 9.88 Å². The second-order valence-corrected chi connectivity index (χ2v) is 10.6. The van der Waals surface area contributed by atoms with Crippen LogP contribution in [0.2, 0.25) is 0 Å². The van der Waals surface area contributed by atoms with Gasteiger partial charge in [-0.25, -0.2) is 8.42 Å². The van der Waals surface area contributed by atoms with Gasteiger partial charge in [-0.3, -0.25) is 9.78 Å². The molecule has 1 amide bonds. The number of nitrogens with zero attached hydrogens (tertiary/aromatic N) is 2. The second-order valence-electron chi connectivity index (χ2n) is 8.17. The van der Waals surface area contributed by atoms with Crippen molar-refractivity contribution in [3.05, 3.63) is 29.6 Å². The van der Waals surface area contributed by atoms with E-state index in [9.17, 15) is 13.2 Å². The lowest BCUT2D eigenvalue weighted by Gasteiger charge is -2.50. The molecule has 4 rings (SSSR count). The van der Waals surface area contributed by atoms with Gasteiger partial charge >= 0.3 is 0 Å². The summed E-state index contributed by atoms with van der Waals surface area (Å²) >= 11 is 0. The Labute approximate surface area is 154 Å². The van der Waals surface area contributed by atoms with Crippen LogP contribution in [0.1, 0.15) is 31.2 Å². The van der Waals surface area contributed by atoms with Gasteiger partial charge in [0.1, 0.15) is 4.75 Å². The molecule has 1 saturated carbocycles. The number of aryl methyl sites for hydroxylation is 1. The first-order valence-corrected chi connectivity index (χ1v) is 11.0. The third-order valence-electron chi connectivity index (χ3n) is 6.27. The van der Waals surface area contributed by atoms with Crippen molar-refractivity contribution < 1.29 is 17.9 Å². The van der Waals surface area contributed by atoms with Gasteiger partial charge in [-0.05, 0) is 37.8 Å². The van der Waals surface area contributed by atoms with E-state index in [4.69, 9.17) is 4.74 Å². The van der Waals surface area contributed by atoms with Crippen molar-refractivity contribution in [3.8, 4) is 0 Å². The standard InChI is InChI=1S/C19H26N2O4S/c1-13-8-17(13)18(22)21-11-19(12-21)15(6-7-26(19,23)24)9-25-10-16-5-3-4-14(2)20-16/h3-5,13,15,17H,6-12H2,1-2H3/t13-,15+,17+/m1/s1. The number of carbonyl (C=O) groups is 1. The minimum absolute atomic E-state index is 0.0435. The van der Waals surface area contributed by atoms with E-state index >= 15 is 0 Å². The number of carbonyl (C=O) groups excluding carboxylic acids is 1. The average Bonchev–Trinajstić information content (AvgIpc) is 3.20. The van der Waals surface area contributed by atoms with Gasteiger partial charge in [0.2, 0.25) is 5.91 Å². The number of rotatable bonds is 5. The Morgan fingerprint density at radius 1 is 1.38 bits per heavy atom. The summed E-state index contributed by atoms with van der Waals surface area (Å²) < 4.78 is 30.4. The van der Waals surface area contributed by atoms with E-state index in [0.29, 0.717) is 38.6 Å². The van der Waals surface area contributed by atoms with Gasteiger partial charge in [-0.1, -0.05) is 13.0 Å². The SMILES string of the molecule is Cc1cccc(COC[C@@H]2CCS(=O)(=O)C23CN(C(=O)[C@H]2C[C@H]2C)C3)n1. The molecule has 3 heterocycles. The maximum atomic E-state index is 12.7. The van der Waals surface area contributed by atoms with E-state index in [1.807, 2.05) is 25.1 Å². The van der Waals surface area contributed by atoms with Crippen molar-refractivity contribution in [2.24, 2.45) is 17.8 Å². The molecule has 2 saturated heterocycles. The topological polar surface area (TPSA) is 76.6 Å². The van der Waals surface area contributed by atoms with Gasteiger partial charge in [0.15, 0.2) is 9.84 Å². The lowest BCUT2D eigenvalue weighted by atomic mass is 9.83. The number of amides is 1. The monoisotopic (exact) mass is 378 g/mol. The lowest BCUT2D eigenvalue weighted by Crippen LogP contribution is -2.69. The molecule has 0 N–H and O–H groups in total. The Balaban J connectivity index is 1.38. The fraction of sp³-hybridized carbons (Fsp3) is 0.684. The van der Waals surface area contributed by atoms with E-state index < -0.39 is 14.6 Å². The summed E-state index contributed by atoms with van der Waals surface area (Å²) in [6, 6.07) is 5.79. The number of aromatic nitrogens is 1. The predicted molar refractivity (Wildman–Crippen MR) is 97.1 cm³/mol. The zero-order chi connectivity index (χ0) is 18.5. The molecule has 1 spiro atoms. The maximum absolute atomic E-state index is 12.7. The van der Waals surface area contributed by atoms with E-state index in [-0.39, 0.29) is 23.5 Å². The van der Waals surface area contributed by atoms with Crippen LogP contribution in [0.15, 0.2) is 18.2 Å². The summed E-state index contributed by atoms with van der Waals surface area (Å²) in [5.74, 6) is 0.844. The molecule has 1 aromatic heterocycles. The first-order chi connectivity index (χ1) is 12.3. The molecule has 0 aromatic carbocycles. The molecule has 0 bridgehead atoms. The number of hydrogen-bond donors (Lipinski definition) is 0. The normalized spacial score (nSPS) is 31.0. The molecule has 1 aliphatic carbocycles. The smallest absolute Gasteiger partial charge is 0.226 e. The molecule has 3 fully saturated rings. The summed E-state index contributed by atoms with van der Waals surface area (Å²) in [5, 5.41) is 0. The van der Waals surface area contributed by atoms with Gasteiger partial charge < -0.3 is 9.64 Å². The largest absolute Gasteiger partial charge is 0.375 e. The van der Waals surface area contributed by atoms with Crippen molar-refractivity contribution in [3.63, 3.8) is 0 Å². The van der Waals surface area contributed by atoms with E-state index in [0.717, 1.165) is 17.8 Å². The van der Waals surface area contributed by atoms with E-state index in [2.05, 4.69) is 11.9 Å². The molecule has 142 valence electrons. The van der Waals surface area contributed by atoms with Crippen LogP contribution >= 0.6 is 0 Å². The Morgan fingerprint density at radius 2 is 2.12 bits per heavy atom. The lowest BCUT2D eigenvalue weighted by molar-refractivity contribution is -0.139. The number of sulfone groups is 1. The molecule has 7 heteroatoms. The van der Waals surface area contributed by atoms with Crippen LogP contribution in [-0.2, 0) is 26.0 Å². The number of ether oxygens (including phenoxy) is 1. The third-order valence-corrected chi connectivity index (χ3v) is 8.87. The zero-order valence-electron chi connectivity index (χ0n) is 15.3. The highest BCUT2D eigenvalue weighted by molar-refractivity contribution is 7.93. The minimum atomic E-state index is -3.18. The van der Waals surface area contributed by atoms with Crippen LogP contribution in [-0.4, -0.2) is 54.4 Å².